The molecule has 0 unspecified atom stereocenters. The minimum absolute atomic E-state index is 0.175. The maximum atomic E-state index is 7.89. The molecule has 3 N–H and O–H groups in total. The third kappa shape index (κ3) is 4.44. The van der Waals surface area contributed by atoms with Crippen molar-refractivity contribution < 1.29 is 0 Å². The van der Waals surface area contributed by atoms with Gasteiger partial charge in [-0.05, 0) is 38.6 Å². The summed E-state index contributed by atoms with van der Waals surface area (Å²) in [6.07, 6.45) is 3.46. The molecule has 0 bridgehead atoms. The molecule has 0 aliphatic carbocycles. The summed E-state index contributed by atoms with van der Waals surface area (Å²) < 4.78 is 1.54. The van der Waals surface area contributed by atoms with Crippen molar-refractivity contribution in [1.29, 1.82) is 5.41 Å². The zero-order valence-electron chi connectivity index (χ0n) is 11.2. The van der Waals surface area contributed by atoms with Crippen molar-refractivity contribution in [3.8, 4) is 0 Å². The summed E-state index contributed by atoms with van der Waals surface area (Å²) in [7, 11) is 0. The Hall–Kier alpha value is -1.43. The minimum atomic E-state index is 0.175. The van der Waals surface area contributed by atoms with Crippen molar-refractivity contribution >= 4 is 23.3 Å². The van der Waals surface area contributed by atoms with Crippen molar-refractivity contribution in [2.24, 2.45) is 0 Å². The third-order valence-electron chi connectivity index (χ3n) is 2.52. The van der Waals surface area contributed by atoms with Crippen LogP contribution in [0.5, 0.6) is 0 Å². The first-order valence-electron chi connectivity index (χ1n) is 6.21. The number of hydrogen-bond acceptors (Lipinski definition) is 3. The smallest absolute Gasteiger partial charge is 0.222 e. The molecular formula is C12H21N5S. The quantitative estimate of drug-likeness (QED) is 0.337. The van der Waals surface area contributed by atoms with Gasteiger partial charge in [0.05, 0.1) is 5.69 Å². The Morgan fingerprint density at radius 3 is 2.72 bits per heavy atom. The number of aromatic nitrogens is 2. The van der Waals surface area contributed by atoms with E-state index < -0.39 is 0 Å². The highest BCUT2D eigenvalue weighted by molar-refractivity contribution is 7.80. The van der Waals surface area contributed by atoms with Gasteiger partial charge in [0.1, 0.15) is 0 Å². The molecule has 0 aromatic carbocycles. The van der Waals surface area contributed by atoms with E-state index in [0.29, 0.717) is 5.11 Å². The Morgan fingerprint density at radius 2 is 2.17 bits per heavy atom. The second-order valence-electron chi connectivity index (χ2n) is 4.28. The number of aryl methyl sites for hydroxylation is 2. The van der Waals surface area contributed by atoms with Crippen LogP contribution in [-0.2, 0) is 0 Å². The molecule has 0 fully saturated rings. The minimum Gasteiger partial charge on any atom is -0.362 e. The van der Waals surface area contributed by atoms with Gasteiger partial charge in [-0.2, -0.15) is 5.10 Å². The van der Waals surface area contributed by atoms with Crippen molar-refractivity contribution in [2.75, 3.05) is 6.54 Å². The van der Waals surface area contributed by atoms with Crippen LogP contribution in [-0.4, -0.2) is 27.4 Å². The van der Waals surface area contributed by atoms with E-state index in [4.69, 9.17) is 17.6 Å². The van der Waals surface area contributed by atoms with Crippen LogP contribution in [0.15, 0.2) is 6.07 Å². The van der Waals surface area contributed by atoms with E-state index in [0.717, 1.165) is 24.4 Å². The lowest BCUT2D eigenvalue weighted by atomic mass is 10.2. The zero-order valence-corrected chi connectivity index (χ0v) is 12.0. The average Bonchev–Trinajstić information content (AvgIpc) is 2.64. The first kappa shape index (κ1) is 14.6. The SMILES string of the molecule is CCCCCNC(=S)NC(=N)n1nc(C)cc1C. The van der Waals surface area contributed by atoms with Gasteiger partial charge in [-0.1, -0.05) is 19.8 Å². The lowest BCUT2D eigenvalue weighted by molar-refractivity contribution is 0.693. The fraction of sp³-hybridized carbons (Fsp3) is 0.583. The lowest BCUT2D eigenvalue weighted by Gasteiger charge is -2.11. The summed E-state index contributed by atoms with van der Waals surface area (Å²) in [6, 6.07) is 1.92. The summed E-state index contributed by atoms with van der Waals surface area (Å²) in [5.41, 5.74) is 1.81. The Bertz CT molecular complexity index is 424. The molecule has 1 rings (SSSR count). The van der Waals surface area contributed by atoms with E-state index in [2.05, 4.69) is 22.7 Å². The van der Waals surface area contributed by atoms with Gasteiger partial charge in [-0.15, -0.1) is 0 Å². The van der Waals surface area contributed by atoms with Gasteiger partial charge in [-0.3, -0.25) is 5.41 Å². The highest BCUT2D eigenvalue weighted by Gasteiger charge is 2.07. The number of nitrogens with zero attached hydrogens (tertiary/aromatic N) is 2. The Balaban J connectivity index is 2.40. The summed E-state index contributed by atoms with van der Waals surface area (Å²) >= 11 is 5.13. The largest absolute Gasteiger partial charge is 0.362 e. The summed E-state index contributed by atoms with van der Waals surface area (Å²) in [4.78, 5) is 0. The first-order valence-corrected chi connectivity index (χ1v) is 6.62. The molecule has 1 aromatic rings. The van der Waals surface area contributed by atoms with E-state index in [-0.39, 0.29) is 5.96 Å². The van der Waals surface area contributed by atoms with Crippen LogP contribution in [0, 0.1) is 19.3 Å². The first-order chi connectivity index (χ1) is 8.54. The standard InChI is InChI=1S/C12H21N5S/c1-4-5-6-7-14-12(18)15-11(13)17-10(3)8-9(2)16-17/h8H,4-7H2,1-3H3,(H3,13,14,15,18). The van der Waals surface area contributed by atoms with Crippen LogP contribution in [0.3, 0.4) is 0 Å². The van der Waals surface area contributed by atoms with Gasteiger partial charge < -0.3 is 10.6 Å². The van der Waals surface area contributed by atoms with Gasteiger partial charge in [0, 0.05) is 12.2 Å². The predicted octanol–water partition coefficient (Wildman–Crippen LogP) is 1.94. The Morgan fingerprint density at radius 1 is 1.44 bits per heavy atom. The van der Waals surface area contributed by atoms with Crippen LogP contribution in [0.4, 0.5) is 0 Å². The monoisotopic (exact) mass is 267 g/mol. The van der Waals surface area contributed by atoms with E-state index in [1.54, 1.807) is 0 Å². The van der Waals surface area contributed by atoms with Crippen LogP contribution < -0.4 is 10.6 Å². The molecule has 100 valence electrons. The fourth-order valence-electron chi connectivity index (χ4n) is 1.64. The maximum absolute atomic E-state index is 7.89. The molecule has 0 atom stereocenters. The molecule has 0 amide bonds. The fourth-order valence-corrected chi connectivity index (χ4v) is 1.84. The second kappa shape index (κ2) is 7.10. The van der Waals surface area contributed by atoms with Gasteiger partial charge in [0.15, 0.2) is 5.11 Å². The number of unbranched alkanes of at least 4 members (excludes halogenated alkanes) is 2. The van der Waals surface area contributed by atoms with E-state index >= 15 is 0 Å². The van der Waals surface area contributed by atoms with Crippen LogP contribution in [0.1, 0.15) is 37.6 Å². The van der Waals surface area contributed by atoms with Gasteiger partial charge in [0.2, 0.25) is 5.96 Å². The molecule has 0 aliphatic rings. The summed E-state index contributed by atoms with van der Waals surface area (Å²) in [5.74, 6) is 0.175. The van der Waals surface area contributed by atoms with Crippen LogP contribution in [0.25, 0.3) is 0 Å². The summed E-state index contributed by atoms with van der Waals surface area (Å²) in [6.45, 7) is 6.81. The molecule has 0 spiro atoms. The zero-order chi connectivity index (χ0) is 13.5. The normalized spacial score (nSPS) is 10.2. The highest BCUT2D eigenvalue weighted by atomic mass is 32.1. The van der Waals surface area contributed by atoms with E-state index in [9.17, 15) is 0 Å². The van der Waals surface area contributed by atoms with Crippen LogP contribution in [0.2, 0.25) is 0 Å². The molecule has 0 saturated heterocycles. The molecule has 0 aliphatic heterocycles. The maximum Gasteiger partial charge on any atom is 0.222 e. The lowest BCUT2D eigenvalue weighted by Crippen LogP contribution is -2.42. The average molecular weight is 267 g/mol. The Labute approximate surface area is 113 Å². The molecular weight excluding hydrogens is 246 g/mol. The van der Waals surface area contributed by atoms with Gasteiger partial charge in [-0.25, -0.2) is 4.68 Å². The van der Waals surface area contributed by atoms with E-state index in [1.807, 2.05) is 19.9 Å². The molecule has 0 radical (unpaired) electrons. The van der Waals surface area contributed by atoms with Crippen molar-refractivity contribution in [1.82, 2.24) is 20.4 Å². The highest BCUT2D eigenvalue weighted by Crippen LogP contribution is 2.00. The number of nitrogens with one attached hydrogen (secondary N) is 3. The van der Waals surface area contributed by atoms with Gasteiger partial charge in [0.25, 0.3) is 0 Å². The number of rotatable bonds is 4. The topological polar surface area (TPSA) is 65.7 Å². The van der Waals surface area contributed by atoms with Gasteiger partial charge >= 0.3 is 0 Å². The van der Waals surface area contributed by atoms with Crippen molar-refractivity contribution in [3.05, 3.63) is 17.5 Å². The molecule has 6 heteroatoms. The second-order valence-corrected chi connectivity index (χ2v) is 4.68. The van der Waals surface area contributed by atoms with Crippen molar-refractivity contribution in [3.63, 3.8) is 0 Å². The Kier molecular flexibility index (Phi) is 5.77. The number of thiocarbonyl (C=S) groups is 1. The molecule has 1 heterocycles. The third-order valence-corrected chi connectivity index (χ3v) is 2.77. The predicted molar refractivity (Wildman–Crippen MR) is 78.1 cm³/mol. The molecule has 0 saturated carbocycles. The molecule has 5 nitrogen and oxygen atoms in total. The van der Waals surface area contributed by atoms with E-state index in [1.165, 1.54) is 17.5 Å². The van der Waals surface area contributed by atoms with Crippen molar-refractivity contribution in [2.45, 2.75) is 40.0 Å². The number of hydrogen-bond donors (Lipinski definition) is 3. The molecule has 18 heavy (non-hydrogen) atoms. The molecule has 1 aromatic heterocycles. The van der Waals surface area contributed by atoms with Crippen LogP contribution >= 0.6 is 12.2 Å². The summed E-state index contributed by atoms with van der Waals surface area (Å²) in [5, 5.41) is 18.5.